The molecule has 2 aromatic rings. The number of aliphatic carboxylic acids is 1. The Morgan fingerprint density at radius 1 is 1.30 bits per heavy atom. The Balaban J connectivity index is 2.00. The van der Waals surface area contributed by atoms with Crippen LogP contribution in [-0.4, -0.2) is 33.8 Å². The monoisotopic (exact) mass is 373 g/mol. The van der Waals surface area contributed by atoms with Gasteiger partial charge in [-0.05, 0) is 31.4 Å². The van der Waals surface area contributed by atoms with Gasteiger partial charge in [0, 0.05) is 30.6 Å². The van der Waals surface area contributed by atoms with Crippen molar-refractivity contribution in [2.75, 3.05) is 13.2 Å². The van der Waals surface area contributed by atoms with Crippen molar-refractivity contribution in [2.24, 2.45) is 0 Å². The average molecular weight is 373 g/mol. The summed E-state index contributed by atoms with van der Waals surface area (Å²) in [4.78, 5) is 20.1. The molecule has 0 atom stereocenters. The second-order valence-corrected chi connectivity index (χ2v) is 6.08. The number of hydroxylamine groups is 1. The summed E-state index contributed by atoms with van der Waals surface area (Å²) in [5.74, 6) is 0.0179. The minimum atomic E-state index is -0.788. The molecule has 0 bridgehead atoms. The van der Waals surface area contributed by atoms with E-state index in [1.165, 1.54) is 0 Å². The molecule has 0 unspecified atom stereocenters. The smallest absolute Gasteiger partial charge is 0.303 e. The highest BCUT2D eigenvalue weighted by molar-refractivity contribution is 5.74. The van der Waals surface area contributed by atoms with Crippen LogP contribution in [0.1, 0.15) is 44.6 Å². The number of hydrogen-bond acceptors (Lipinski definition) is 5. The summed E-state index contributed by atoms with van der Waals surface area (Å²) in [6, 6.07) is 7.79. The third-order valence-corrected chi connectivity index (χ3v) is 3.78. The molecule has 2 rings (SSSR count). The van der Waals surface area contributed by atoms with Crippen molar-refractivity contribution < 1.29 is 19.5 Å². The Morgan fingerprint density at radius 2 is 2.19 bits per heavy atom. The summed E-state index contributed by atoms with van der Waals surface area (Å²) in [7, 11) is 0. The molecule has 1 aromatic heterocycles. The van der Waals surface area contributed by atoms with Gasteiger partial charge in [-0.15, -0.1) is 0 Å². The van der Waals surface area contributed by atoms with Gasteiger partial charge in [-0.3, -0.25) is 15.1 Å². The molecule has 0 aliphatic rings. The van der Waals surface area contributed by atoms with Gasteiger partial charge in [0.15, 0.2) is 0 Å². The molecule has 7 heteroatoms. The molecule has 1 heterocycles. The number of carbonyl (C=O) groups is 1. The third-order valence-electron chi connectivity index (χ3n) is 3.78. The van der Waals surface area contributed by atoms with Crippen LogP contribution in [0.25, 0.3) is 11.9 Å². The van der Waals surface area contributed by atoms with Gasteiger partial charge in [-0.25, -0.2) is 4.98 Å². The molecule has 0 saturated carbocycles. The van der Waals surface area contributed by atoms with Crippen molar-refractivity contribution >= 4 is 17.9 Å². The average Bonchev–Trinajstić information content (AvgIpc) is 3.17. The largest absolute Gasteiger partial charge is 0.494 e. The molecule has 0 saturated heterocycles. The fourth-order valence-corrected chi connectivity index (χ4v) is 2.32. The van der Waals surface area contributed by atoms with E-state index in [2.05, 4.69) is 17.4 Å². The lowest BCUT2D eigenvalue weighted by Crippen LogP contribution is -2.15. The number of nitrogens with one attached hydrogen (secondary N) is 1. The van der Waals surface area contributed by atoms with E-state index in [-0.39, 0.29) is 6.42 Å². The maximum atomic E-state index is 10.5. The predicted octanol–water partition coefficient (Wildman–Crippen LogP) is 3.79. The van der Waals surface area contributed by atoms with E-state index in [1.807, 2.05) is 41.2 Å². The van der Waals surface area contributed by atoms with Crippen molar-refractivity contribution in [2.45, 2.75) is 39.0 Å². The fraction of sp³-hybridized carbons (Fsp3) is 0.400. The number of imidazole rings is 1. The first kappa shape index (κ1) is 20.5. The summed E-state index contributed by atoms with van der Waals surface area (Å²) in [6.45, 7) is 3.23. The molecule has 0 amide bonds. The standard InChI is InChI=1S/C20H27N3O4/c1-2-3-12-26-18-8-6-7-17(14-18)19(15-23-11-10-21-16-23)22-27-13-5-4-9-20(24)25/h6-8,10-11,14-16,22H,2-5,9,12-13H2,1H3,(H,24,25). The maximum Gasteiger partial charge on any atom is 0.303 e. The van der Waals surface area contributed by atoms with Gasteiger partial charge in [-0.2, -0.15) is 0 Å². The molecule has 1 aromatic carbocycles. The summed E-state index contributed by atoms with van der Waals surface area (Å²) in [6.07, 6.45) is 10.6. The second-order valence-electron chi connectivity index (χ2n) is 6.08. The number of nitrogens with zero attached hydrogens (tertiary/aromatic N) is 2. The molecular weight excluding hydrogens is 346 g/mol. The zero-order chi connectivity index (χ0) is 19.3. The van der Waals surface area contributed by atoms with Crippen molar-refractivity contribution in [1.82, 2.24) is 15.0 Å². The van der Waals surface area contributed by atoms with E-state index in [0.717, 1.165) is 29.9 Å². The van der Waals surface area contributed by atoms with Crippen LogP contribution in [0.5, 0.6) is 5.75 Å². The number of benzene rings is 1. The Kier molecular flexibility index (Phi) is 8.92. The number of ether oxygens (including phenoxy) is 1. The van der Waals surface area contributed by atoms with Crippen LogP contribution in [0.4, 0.5) is 0 Å². The fourth-order valence-electron chi connectivity index (χ4n) is 2.32. The molecule has 27 heavy (non-hydrogen) atoms. The van der Waals surface area contributed by atoms with Gasteiger partial charge in [0.1, 0.15) is 5.75 Å². The van der Waals surface area contributed by atoms with Crippen molar-refractivity contribution in [3.8, 4) is 5.75 Å². The molecule has 2 N–H and O–H groups in total. The Morgan fingerprint density at radius 3 is 2.93 bits per heavy atom. The van der Waals surface area contributed by atoms with Crippen molar-refractivity contribution in [1.29, 1.82) is 0 Å². The molecular formula is C20H27N3O4. The summed E-state index contributed by atoms with van der Waals surface area (Å²) in [5, 5.41) is 8.67. The van der Waals surface area contributed by atoms with Gasteiger partial charge < -0.3 is 14.4 Å². The van der Waals surface area contributed by atoms with E-state index in [1.54, 1.807) is 12.5 Å². The lowest BCUT2D eigenvalue weighted by atomic mass is 10.1. The molecule has 0 spiro atoms. The lowest BCUT2D eigenvalue weighted by molar-refractivity contribution is -0.137. The topological polar surface area (TPSA) is 85.6 Å². The van der Waals surface area contributed by atoms with E-state index in [4.69, 9.17) is 14.7 Å². The van der Waals surface area contributed by atoms with Gasteiger partial charge in [0.2, 0.25) is 0 Å². The molecule has 146 valence electrons. The predicted molar refractivity (Wildman–Crippen MR) is 104 cm³/mol. The highest BCUT2D eigenvalue weighted by Gasteiger charge is 2.05. The minimum absolute atomic E-state index is 0.151. The van der Waals surface area contributed by atoms with Crippen LogP contribution in [-0.2, 0) is 9.63 Å². The zero-order valence-electron chi connectivity index (χ0n) is 15.6. The van der Waals surface area contributed by atoms with E-state index in [9.17, 15) is 4.79 Å². The first-order valence-electron chi connectivity index (χ1n) is 9.21. The summed E-state index contributed by atoms with van der Waals surface area (Å²) >= 11 is 0. The minimum Gasteiger partial charge on any atom is -0.494 e. The number of rotatable bonds is 13. The quantitative estimate of drug-likeness (QED) is 0.410. The van der Waals surface area contributed by atoms with Crippen molar-refractivity contribution in [3.63, 3.8) is 0 Å². The van der Waals surface area contributed by atoms with Crippen LogP contribution in [0, 0.1) is 0 Å². The van der Waals surface area contributed by atoms with E-state index < -0.39 is 5.97 Å². The molecule has 0 aliphatic carbocycles. The molecule has 0 aliphatic heterocycles. The van der Waals surface area contributed by atoms with Crippen molar-refractivity contribution in [3.05, 3.63) is 48.5 Å². The highest BCUT2D eigenvalue weighted by atomic mass is 16.6. The molecule has 7 nitrogen and oxygen atoms in total. The lowest BCUT2D eigenvalue weighted by Gasteiger charge is -2.13. The summed E-state index contributed by atoms with van der Waals surface area (Å²) in [5.41, 5.74) is 4.64. The van der Waals surface area contributed by atoms with Gasteiger partial charge in [-0.1, -0.05) is 25.5 Å². The Bertz CT molecular complexity index is 714. The van der Waals surface area contributed by atoms with Gasteiger partial charge in [0.05, 0.1) is 25.2 Å². The second kappa shape index (κ2) is 11.7. The van der Waals surface area contributed by atoms with Crippen LogP contribution < -0.4 is 10.2 Å². The Labute approximate surface area is 159 Å². The first-order valence-corrected chi connectivity index (χ1v) is 9.21. The normalized spacial score (nSPS) is 11.4. The van der Waals surface area contributed by atoms with E-state index >= 15 is 0 Å². The van der Waals surface area contributed by atoms with Gasteiger partial charge >= 0.3 is 5.97 Å². The number of aromatic nitrogens is 2. The number of hydrogen-bond donors (Lipinski definition) is 2. The molecule has 0 fully saturated rings. The van der Waals surface area contributed by atoms with Crippen LogP contribution in [0.2, 0.25) is 0 Å². The van der Waals surface area contributed by atoms with E-state index in [0.29, 0.717) is 26.1 Å². The number of unbranched alkanes of at least 4 members (excludes halogenated alkanes) is 2. The van der Waals surface area contributed by atoms with Crippen LogP contribution >= 0.6 is 0 Å². The number of carboxylic acid groups (broad SMARTS) is 1. The third kappa shape index (κ3) is 7.96. The van der Waals surface area contributed by atoms with Gasteiger partial charge in [0.25, 0.3) is 0 Å². The van der Waals surface area contributed by atoms with Crippen LogP contribution in [0.3, 0.4) is 0 Å². The first-order chi connectivity index (χ1) is 13.2. The Hall–Kier alpha value is -2.80. The number of carboxylic acids is 1. The highest BCUT2D eigenvalue weighted by Crippen LogP contribution is 2.20. The maximum absolute atomic E-state index is 10.5. The SMILES string of the molecule is CCCCOc1cccc(C(=Cn2ccnc2)NOCCCCC(=O)O)c1. The zero-order valence-corrected chi connectivity index (χ0v) is 15.6. The van der Waals surface area contributed by atoms with Crippen LogP contribution in [0.15, 0.2) is 43.0 Å². The molecule has 0 radical (unpaired) electrons. The summed E-state index contributed by atoms with van der Waals surface area (Å²) < 4.78 is 7.60.